The van der Waals surface area contributed by atoms with Crippen molar-refractivity contribution in [2.75, 3.05) is 20.3 Å². The number of ether oxygens (including phenoxy) is 2. The molecule has 1 aromatic rings. The summed E-state index contributed by atoms with van der Waals surface area (Å²) in [5, 5.41) is 21.6. The van der Waals surface area contributed by atoms with Gasteiger partial charge in [-0.1, -0.05) is 12.1 Å². The van der Waals surface area contributed by atoms with Crippen molar-refractivity contribution in [2.24, 2.45) is 5.92 Å². The van der Waals surface area contributed by atoms with E-state index in [4.69, 9.17) is 14.6 Å². The number of para-hydroxylation sites is 2. The third-order valence-electron chi connectivity index (χ3n) is 3.68. The van der Waals surface area contributed by atoms with Crippen LogP contribution in [0.25, 0.3) is 0 Å². The second-order valence-electron chi connectivity index (χ2n) is 5.19. The van der Waals surface area contributed by atoms with Gasteiger partial charge in [-0.25, -0.2) is 0 Å². The molecule has 1 fully saturated rings. The van der Waals surface area contributed by atoms with Gasteiger partial charge in [0.15, 0.2) is 18.1 Å². The third-order valence-corrected chi connectivity index (χ3v) is 3.68. The van der Waals surface area contributed by atoms with Gasteiger partial charge in [0.05, 0.1) is 13.2 Å². The van der Waals surface area contributed by atoms with E-state index in [-0.39, 0.29) is 31.1 Å². The Kier molecular flexibility index (Phi) is 5.41. The predicted molar refractivity (Wildman–Crippen MR) is 76.2 cm³/mol. The van der Waals surface area contributed by atoms with Crippen LogP contribution in [0.2, 0.25) is 0 Å². The molecule has 1 aliphatic rings. The van der Waals surface area contributed by atoms with Crippen molar-refractivity contribution in [3.05, 3.63) is 24.3 Å². The first kappa shape index (κ1) is 15.6. The predicted octanol–water partition coefficient (Wildman–Crippen LogP) is 0.322. The maximum Gasteiger partial charge on any atom is 0.258 e. The zero-order valence-corrected chi connectivity index (χ0v) is 12.0. The minimum absolute atomic E-state index is 0.0642. The lowest BCUT2D eigenvalue weighted by atomic mass is 10.1. The Morgan fingerprint density at radius 1 is 1.33 bits per heavy atom. The Bertz CT molecular complexity index is 479. The first-order chi connectivity index (χ1) is 10.1. The number of aliphatic hydroxyl groups is 2. The third kappa shape index (κ3) is 4.09. The van der Waals surface area contributed by atoms with E-state index in [1.54, 1.807) is 18.2 Å². The lowest BCUT2D eigenvalue weighted by molar-refractivity contribution is -0.123. The molecule has 3 atom stereocenters. The fourth-order valence-corrected chi connectivity index (χ4v) is 2.57. The van der Waals surface area contributed by atoms with Gasteiger partial charge in [0.2, 0.25) is 0 Å². The van der Waals surface area contributed by atoms with Crippen molar-refractivity contribution in [2.45, 2.75) is 25.0 Å². The highest BCUT2D eigenvalue weighted by atomic mass is 16.5. The number of hydrogen-bond acceptors (Lipinski definition) is 5. The van der Waals surface area contributed by atoms with Crippen LogP contribution in [0.5, 0.6) is 11.5 Å². The summed E-state index contributed by atoms with van der Waals surface area (Å²) < 4.78 is 10.6. The quantitative estimate of drug-likeness (QED) is 0.703. The summed E-state index contributed by atoms with van der Waals surface area (Å²) in [4.78, 5) is 11.9. The van der Waals surface area contributed by atoms with Gasteiger partial charge in [0, 0.05) is 18.6 Å². The molecule has 0 unspecified atom stereocenters. The van der Waals surface area contributed by atoms with Crippen LogP contribution >= 0.6 is 0 Å². The maximum absolute atomic E-state index is 11.9. The van der Waals surface area contributed by atoms with E-state index in [9.17, 15) is 9.90 Å². The summed E-state index contributed by atoms with van der Waals surface area (Å²) in [6.07, 6.45) is 0.486. The van der Waals surface area contributed by atoms with Crippen LogP contribution in [0.15, 0.2) is 24.3 Å². The van der Waals surface area contributed by atoms with Crippen LogP contribution in [0.4, 0.5) is 0 Å². The second-order valence-corrected chi connectivity index (χ2v) is 5.19. The fourth-order valence-electron chi connectivity index (χ4n) is 2.57. The highest BCUT2D eigenvalue weighted by Crippen LogP contribution is 2.27. The lowest BCUT2D eigenvalue weighted by Crippen LogP contribution is -2.36. The van der Waals surface area contributed by atoms with Crippen LogP contribution in [0, 0.1) is 5.92 Å². The van der Waals surface area contributed by atoms with Crippen LogP contribution in [-0.2, 0) is 4.79 Å². The van der Waals surface area contributed by atoms with E-state index in [1.807, 2.05) is 6.07 Å². The number of nitrogens with one attached hydrogen (secondary N) is 1. The lowest BCUT2D eigenvalue weighted by Gasteiger charge is -2.14. The Morgan fingerprint density at radius 3 is 2.67 bits per heavy atom. The van der Waals surface area contributed by atoms with Crippen molar-refractivity contribution in [1.82, 2.24) is 5.32 Å². The fraction of sp³-hybridized carbons (Fsp3) is 0.533. The van der Waals surface area contributed by atoms with Crippen molar-refractivity contribution < 1.29 is 24.5 Å². The van der Waals surface area contributed by atoms with Gasteiger partial charge in [-0.2, -0.15) is 0 Å². The molecule has 1 amide bonds. The van der Waals surface area contributed by atoms with Crippen LogP contribution in [0.1, 0.15) is 12.8 Å². The maximum atomic E-state index is 11.9. The number of amides is 1. The monoisotopic (exact) mass is 295 g/mol. The van der Waals surface area contributed by atoms with Crippen molar-refractivity contribution >= 4 is 5.91 Å². The Balaban J connectivity index is 1.80. The van der Waals surface area contributed by atoms with E-state index in [1.165, 1.54) is 7.11 Å². The molecular formula is C15H21NO5. The zero-order chi connectivity index (χ0) is 15.2. The standard InChI is InChI=1S/C15H21NO5/c1-20-13-4-2-3-5-14(13)21-9-15(19)16-11-6-10(8-17)12(18)7-11/h2-5,10-12,17-18H,6-9H2,1H3,(H,16,19)/t10-,11+,12-/m1/s1. The van der Waals surface area contributed by atoms with Crippen LogP contribution < -0.4 is 14.8 Å². The Morgan fingerprint density at radius 2 is 2.05 bits per heavy atom. The highest BCUT2D eigenvalue weighted by molar-refractivity contribution is 5.78. The van der Waals surface area contributed by atoms with E-state index < -0.39 is 6.10 Å². The first-order valence-corrected chi connectivity index (χ1v) is 6.98. The minimum atomic E-state index is -0.560. The van der Waals surface area contributed by atoms with Gasteiger partial charge < -0.3 is 25.0 Å². The largest absolute Gasteiger partial charge is 0.493 e. The average Bonchev–Trinajstić information content (AvgIpc) is 2.85. The molecule has 0 saturated heterocycles. The molecule has 6 heteroatoms. The van der Waals surface area contributed by atoms with Crippen LogP contribution in [0.3, 0.4) is 0 Å². The summed E-state index contributed by atoms with van der Waals surface area (Å²) >= 11 is 0. The summed E-state index contributed by atoms with van der Waals surface area (Å²) in [5.41, 5.74) is 0. The molecule has 0 radical (unpaired) electrons. The summed E-state index contributed by atoms with van der Waals surface area (Å²) in [6.45, 7) is -0.179. The van der Waals surface area contributed by atoms with Gasteiger partial charge in [0.25, 0.3) is 5.91 Å². The van der Waals surface area contributed by atoms with Crippen molar-refractivity contribution in [3.8, 4) is 11.5 Å². The van der Waals surface area contributed by atoms with E-state index >= 15 is 0 Å². The Labute approximate surface area is 123 Å². The van der Waals surface area contributed by atoms with Crippen LogP contribution in [-0.4, -0.2) is 48.6 Å². The molecule has 1 saturated carbocycles. The number of carbonyl (C=O) groups excluding carboxylic acids is 1. The molecule has 3 N–H and O–H groups in total. The SMILES string of the molecule is COc1ccccc1OCC(=O)N[C@H]1C[C@H](CO)[C@H](O)C1. The summed E-state index contributed by atoms with van der Waals surface area (Å²) in [6, 6.07) is 6.99. The smallest absolute Gasteiger partial charge is 0.258 e. The average molecular weight is 295 g/mol. The molecule has 0 aliphatic heterocycles. The van der Waals surface area contributed by atoms with E-state index in [0.717, 1.165) is 0 Å². The Hall–Kier alpha value is -1.79. The molecule has 21 heavy (non-hydrogen) atoms. The van der Waals surface area contributed by atoms with E-state index in [2.05, 4.69) is 5.32 Å². The first-order valence-electron chi connectivity index (χ1n) is 6.98. The molecule has 1 aromatic carbocycles. The topological polar surface area (TPSA) is 88.0 Å². The number of rotatable bonds is 6. The zero-order valence-electron chi connectivity index (χ0n) is 12.0. The number of aliphatic hydroxyl groups excluding tert-OH is 2. The van der Waals surface area contributed by atoms with E-state index in [0.29, 0.717) is 24.3 Å². The molecular weight excluding hydrogens is 274 g/mol. The number of carbonyl (C=O) groups is 1. The molecule has 0 spiro atoms. The van der Waals surface area contributed by atoms with Gasteiger partial charge in [0.1, 0.15) is 0 Å². The molecule has 0 aromatic heterocycles. The number of hydrogen-bond donors (Lipinski definition) is 3. The molecule has 6 nitrogen and oxygen atoms in total. The molecule has 0 heterocycles. The summed E-state index contributed by atoms with van der Waals surface area (Å²) in [5.74, 6) is 0.666. The number of methoxy groups -OCH3 is 1. The van der Waals surface area contributed by atoms with Gasteiger partial charge in [-0.15, -0.1) is 0 Å². The number of benzene rings is 1. The molecule has 2 rings (SSSR count). The molecule has 0 bridgehead atoms. The van der Waals surface area contributed by atoms with Gasteiger partial charge in [-0.3, -0.25) is 4.79 Å². The normalized spacial score (nSPS) is 24.6. The minimum Gasteiger partial charge on any atom is -0.493 e. The second kappa shape index (κ2) is 7.28. The summed E-state index contributed by atoms with van der Waals surface area (Å²) in [7, 11) is 1.54. The van der Waals surface area contributed by atoms with Crippen molar-refractivity contribution in [1.29, 1.82) is 0 Å². The van der Waals surface area contributed by atoms with Gasteiger partial charge in [-0.05, 0) is 25.0 Å². The molecule has 1 aliphatic carbocycles. The highest BCUT2D eigenvalue weighted by Gasteiger charge is 2.33. The van der Waals surface area contributed by atoms with Gasteiger partial charge >= 0.3 is 0 Å². The molecule has 116 valence electrons. The van der Waals surface area contributed by atoms with Crippen molar-refractivity contribution in [3.63, 3.8) is 0 Å².